The zero-order chi connectivity index (χ0) is 29.5. The second-order valence-corrected chi connectivity index (χ2v) is 12.0. The number of aryl methyl sites for hydroxylation is 1. The minimum absolute atomic E-state index is 0. The molecule has 0 saturated heterocycles. The molecule has 4 heteroatoms. The number of hydrogen-bond acceptors (Lipinski definition) is 2. The number of benzene rings is 4. The molecule has 3 nitrogen and oxygen atoms in total. The molecule has 8 aromatic rings. The van der Waals surface area contributed by atoms with E-state index in [0.717, 1.165) is 22.5 Å². The van der Waals surface area contributed by atoms with E-state index in [4.69, 9.17) is 4.98 Å². The first-order chi connectivity index (χ1) is 21.8. The van der Waals surface area contributed by atoms with Crippen LogP contribution in [0.5, 0.6) is 0 Å². The molecule has 0 atom stereocenters. The first-order valence-corrected chi connectivity index (χ1v) is 15.7. The van der Waals surface area contributed by atoms with Crippen molar-refractivity contribution in [2.75, 3.05) is 0 Å². The molecule has 1 fully saturated rings. The van der Waals surface area contributed by atoms with Gasteiger partial charge in [-0.3, -0.25) is 0 Å². The molecule has 0 amide bonds. The summed E-state index contributed by atoms with van der Waals surface area (Å²) in [5, 5.41) is 5.23. The predicted molar refractivity (Wildman–Crippen MR) is 182 cm³/mol. The molecule has 0 N–H and O–H groups in total. The SMILES string of the molecule is Cc1cnc(-c2[c-]cc3c(c2)c2cccc4c5ccccc5n3c24)cc1C1CCCCC1.[Ir].[c-]1ccccc1-c1ccccn1. The predicted octanol–water partition coefficient (Wildman–Crippen LogP) is 10.6. The number of aromatic nitrogens is 3. The molecule has 9 rings (SSSR count). The van der Waals surface area contributed by atoms with E-state index in [0.29, 0.717) is 5.92 Å². The topological polar surface area (TPSA) is 30.2 Å². The van der Waals surface area contributed by atoms with E-state index >= 15 is 0 Å². The van der Waals surface area contributed by atoms with Gasteiger partial charge in [-0.15, -0.1) is 59.7 Å². The van der Waals surface area contributed by atoms with Crippen molar-refractivity contribution < 1.29 is 20.1 Å². The van der Waals surface area contributed by atoms with Crippen LogP contribution in [0.1, 0.15) is 49.1 Å². The van der Waals surface area contributed by atoms with Gasteiger partial charge in [0.15, 0.2) is 0 Å². The van der Waals surface area contributed by atoms with E-state index in [1.807, 2.05) is 42.5 Å². The van der Waals surface area contributed by atoms with Gasteiger partial charge < -0.3 is 14.4 Å². The average molecular weight is 760 g/mol. The third-order valence-corrected chi connectivity index (χ3v) is 9.27. The minimum Gasteiger partial charge on any atom is -0.350 e. The summed E-state index contributed by atoms with van der Waals surface area (Å²) < 4.78 is 2.41. The van der Waals surface area contributed by atoms with Gasteiger partial charge in [-0.1, -0.05) is 79.2 Å². The van der Waals surface area contributed by atoms with Crippen molar-refractivity contribution in [3.05, 3.63) is 139 Å². The summed E-state index contributed by atoms with van der Waals surface area (Å²) in [6, 6.07) is 42.6. The zero-order valence-electron chi connectivity index (χ0n) is 25.3. The fourth-order valence-electron chi connectivity index (χ4n) is 7.13. The fourth-order valence-corrected chi connectivity index (χ4v) is 7.13. The Labute approximate surface area is 277 Å². The summed E-state index contributed by atoms with van der Waals surface area (Å²) >= 11 is 0. The Morgan fingerprint density at radius 2 is 1.44 bits per heavy atom. The van der Waals surface area contributed by atoms with Crippen molar-refractivity contribution >= 4 is 38.1 Å². The smallest absolute Gasteiger partial charge is 0.0516 e. The van der Waals surface area contributed by atoms with Gasteiger partial charge in [0, 0.05) is 48.8 Å². The van der Waals surface area contributed by atoms with Crippen molar-refractivity contribution in [1.82, 2.24) is 14.4 Å². The second kappa shape index (κ2) is 12.6. The van der Waals surface area contributed by atoms with Crippen LogP contribution in [0.15, 0.2) is 116 Å². The molecule has 4 aromatic carbocycles. The number of nitrogens with zero attached hydrogens (tertiary/aromatic N) is 3. The standard InChI is InChI=1S/C30H25N2.C11H8N.Ir/c1-19-18-31-27(17-25(19)20-8-3-2-4-9-20)21-14-15-29-26(16-21)24-12-7-11-23-22-10-5-6-13-28(22)32(29)30(23)24;1-2-6-10(7-3-1)11-8-4-5-9-12-11;/h5-7,10-13,15-18,20H,2-4,8-9H2,1H3;1-6,8-9H;/q2*-1;. The normalized spacial score (nSPS) is 13.6. The summed E-state index contributed by atoms with van der Waals surface area (Å²) in [6.45, 7) is 2.21. The van der Waals surface area contributed by atoms with Crippen LogP contribution in [0.2, 0.25) is 0 Å². The summed E-state index contributed by atoms with van der Waals surface area (Å²) in [4.78, 5) is 9.04. The van der Waals surface area contributed by atoms with E-state index in [9.17, 15) is 0 Å². The van der Waals surface area contributed by atoms with Crippen molar-refractivity contribution in [2.24, 2.45) is 0 Å². The second-order valence-electron chi connectivity index (χ2n) is 12.0. The quantitative estimate of drug-likeness (QED) is 0.168. The molecule has 1 aliphatic rings. The summed E-state index contributed by atoms with van der Waals surface area (Å²) in [5.41, 5.74) is 10.8. The number of fused-ring (bicyclic) bond motifs is 6. The van der Waals surface area contributed by atoms with Gasteiger partial charge in [-0.25, -0.2) is 0 Å². The Balaban J connectivity index is 0.000000211. The van der Waals surface area contributed by atoms with E-state index in [-0.39, 0.29) is 20.1 Å². The Kier molecular flexibility index (Phi) is 8.19. The molecule has 4 heterocycles. The van der Waals surface area contributed by atoms with Gasteiger partial charge in [0.25, 0.3) is 0 Å². The maximum atomic E-state index is 4.83. The van der Waals surface area contributed by atoms with Crippen molar-refractivity contribution in [3.63, 3.8) is 0 Å². The summed E-state index contributed by atoms with van der Waals surface area (Å²) in [6.07, 6.45) is 10.6. The largest absolute Gasteiger partial charge is 0.350 e. The number of para-hydroxylation sites is 2. The third-order valence-electron chi connectivity index (χ3n) is 9.27. The van der Waals surface area contributed by atoms with E-state index in [1.165, 1.54) is 81.3 Å². The van der Waals surface area contributed by atoms with Gasteiger partial charge in [0.2, 0.25) is 0 Å². The molecule has 0 bridgehead atoms. The molecule has 45 heavy (non-hydrogen) atoms. The van der Waals surface area contributed by atoms with Gasteiger partial charge in [-0.2, -0.15) is 0 Å². The molecule has 1 radical (unpaired) electrons. The molecule has 1 aliphatic carbocycles. The Hall–Kier alpha value is -4.37. The molecule has 1 saturated carbocycles. The van der Waals surface area contributed by atoms with Crippen LogP contribution in [0.25, 0.3) is 60.6 Å². The molecular weight excluding hydrogens is 727 g/mol. The molecule has 223 valence electrons. The van der Waals surface area contributed by atoms with Crippen LogP contribution >= 0.6 is 0 Å². The van der Waals surface area contributed by atoms with Crippen LogP contribution < -0.4 is 0 Å². The zero-order valence-corrected chi connectivity index (χ0v) is 27.7. The maximum absolute atomic E-state index is 4.83. The molecular formula is C41H33IrN3-2. The Morgan fingerprint density at radius 1 is 0.667 bits per heavy atom. The molecule has 0 unspecified atom stereocenters. The van der Waals surface area contributed by atoms with Gasteiger partial charge in [-0.05, 0) is 71.2 Å². The Morgan fingerprint density at radius 3 is 2.24 bits per heavy atom. The Bertz CT molecular complexity index is 2180. The van der Waals surface area contributed by atoms with Crippen LogP contribution in [0.4, 0.5) is 0 Å². The van der Waals surface area contributed by atoms with Crippen molar-refractivity contribution in [2.45, 2.75) is 44.9 Å². The van der Waals surface area contributed by atoms with Crippen LogP contribution in [-0.2, 0) is 20.1 Å². The van der Waals surface area contributed by atoms with E-state index < -0.39 is 0 Å². The summed E-state index contributed by atoms with van der Waals surface area (Å²) in [7, 11) is 0. The van der Waals surface area contributed by atoms with Crippen LogP contribution in [0.3, 0.4) is 0 Å². The number of pyridine rings is 2. The van der Waals surface area contributed by atoms with Crippen molar-refractivity contribution in [1.29, 1.82) is 0 Å². The van der Waals surface area contributed by atoms with E-state index in [1.54, 1.807) is 6.20 Å². The molecule has 4 aromatic heterocycles. The number of rotatable bonds is 3. The molecule has 0 aliphatic heterocycles. The van der Waals surface area contributed by atoms with E-state index in [2.05, 4.69) is 95.3 Å². The maximum Gasteiger partial charge on any atom is 0.0516 e. The fraction of sp³-hybridized carbons (Fsp3) is 0.171. The monoisotopic (exact) mass is 760 g/mol. The first-order valence-electron chi connectivity index (χ1n) is 15.7. The van der Waals surface area contributed by atoms with Crippen LogP contribution in [0, 0.1) is 19.1 Å². The minimum atomic E-state index is 0. The van der Waals surface area contributed by atoms with Gasteiger partial charge >= 0.3 is 0 Å². The molecule has 0 spiro atoms. The first kappa shape index (κ1) is 29.3. The van der Waals surface area contributed by atoms with Crippen molar-refractivity contribution in [3.8, 4) is 22.5 Å². The van der Waals surface area contributed by atoms with Gasteiger partial charge in [0.05, 0.1) is 5.52 Å². The number of hydrogen-bond donors (Lipinski definition) is 0. The third kappa shape index (κ3) is 5.33. The van der Waals surface area contributed by atoms with Gasteiger partial charge in [0.1, 0.15) is 0 Å². The summed E-state index contributed by atoms with van der Waals surface area (Å²) in [5.74, 6) is 0.681. The average Bonchev–Trinajstić information content (AvgIpc) is 3.62. The van der Waals surface area contributed by atoms with Crippen LogP contribution in [-0.4, -0.2) is 14.4 Å².